The molecule has 2 saturated heterocycles. The van der Waals surface area contributed by atoms with E-state index in [-0.39, 0.29) is 5.91 Å². The number of amides is 1. The summed E-state index contributed by atoms with van der Waals surface area (Å²) in [7, 11) is -3.61. The maximum atomic E-state index is 13.5. The zero-order valence-electron chi connectivity index (χ0n) is 17.5. The lowest BCUT2D eigenvalue weighted by Crippen LogP contribution is -2.63. The number of rotatable bonds is 4. The quantitative estimate of drug-likeness (QED) is 0.831. The molecule has 2 N–H and O–H groups in total. The van der Waals surface area contributed by atoms with Gasteiger partial charge in [-0.3, -0.25) is 9.69 Å². The molecule has 1 aromatic rings. The summed E-state index contributed by atoms with van der Waals surface area (Å²) in [5, 5.41) is 0. The molecule has 2 fully saturated rings. The average molecular weight is 408 g/mol. The fourth-order valence-corrected chi connectivity index (χ4v) is 6.85. The van der Waals surface area contributed by atoms with E-state index in [2.05, 4.69) is 4.90 Å². The van der Waals surface area contributed by atoms with E-state index in [1.165, 1.54) is 6.42 Å². The molecule has 1 amide bonds. The molecule has 0 spiro atoms. The normalized spacial score (nSPS) is 21.6. The van der Waals surface area contributed by atoms with Gasteiger partial charge in [-0.15, -0.1) is 0 Å². The topological polar surface area (TPSA) is 83.7 Å². The molecule has 0 radical (unpaired) electrons. The second kappa shape index (κ2) is 7.76. The lowest BCUT2D eigenvalue weighted by molar-refractivity contribution is -0.134. The van der Waals surface area contributed by atoms with Crippen molar-refractivity contribution >= 4 is 15.9 Å². The van der Waals surface area contributed by atoms with Crippen molar-refractivity contribution in [2.45, 2.75) is 70.2 Å². The number of carbonyl (C=O) groups excluding carboxylic acids is 1. The molecule has 2 heterocycles. The van der Waals surface area contributed by atoms with Crippen LogP contribution in [0.3, 0.4) is 0 Å². The number of likely N-dealkylation sites (tertiary alicyclic amines) is 1. The second-order valence-electron chi connectivity index (χ2n) is 8.44. The van der Waals surface area contributed by atoms with Gasteiger partial charge in [-0.2, -0.15) is 4.31 Å². The lowest BCUT2D eigenvalue weighted by atomic mass is 9.84. The summed E-state index contributed by atoms with van der Waals surface area (Å²) in [6.07, 6.45) is 4.24. The number of piperidine rings is 2. The Kier molecular flexibility index (Phi) is 5.90. The molecule has 0 saturated carbocycles. The Bertz CT molecular complexity index is 839. The summed E-state index contributed by atoms with van der Waals surface area (Å²) in [6.45, 7) is 10.0. The summed E-state index contributed by atoms with van der Waals surface area (Å²) < 4.78 is 28.5. The molecule has 0 aromatic heterocycles. The highest BCUT2D eigenvalue weighted by Gasteiger charge is 2.47. The van der Waals surface area contributed by atoms with E-state index < -0.39 is 15.6 Å². The second-order valence-corrected chi connectivity index (χ2v) is 10.3. The monoisotopic (exact) mass is 407 g/mol. The van der Waals surface area contributed by atoms with Crippen molar-refractivity contribution in [3.05, 3.63) is 28.3 Å². The van der Waals surface area contributed by atoms with Crippen LogP contribution < -0.4 is 5.73 Å². The van der Waals surface area contributed by atoms with Crippen LogP contribution in [0.1, 0.15) is 54.4 Å². The summed E-state index contributed by atoms with van der Waals surface area (Å²) in [5.41, 5.74) is 8.72. The van der Waals surface area contributed by atoms with Crippen molar-refractivity contribution in [3.8, 4) is 0 Å². The first-order chi connectivity index (χ1) is 13.1. The SMILES string of the molecule is Cc1cc(C)c(C)c(S(=O)(=O)N2CCC(C(N)=O)(N3CCCCC3)CC2)c1C. The number of hydrogen-bond acceptors (Lipinski definition) is 4. The van der Waals surface area contributed by atoms with Crippen LogP contribution in [0.5, 0.6) is 0 Å². The fourth-order valence-electron chi connectivity index (χ4n) is 4.83. The van der Waals surface area contributed by atoms with E-state index in [0.29, 0.717) is 30.8 Å². The van der Waals surface area contributed by atoms with Crippen LogP contribution in [0, 0.1) is 27.7 Å². The summed E-state index contributed by atoms with van der Waals surface area (Å²) in [4.78, 5) is 15.0. The van der Waals surface area contributed by atoms with Gasteiger partial charge in [0.25, 0.3) is 0 Å². The molecular formula is C21H33N3O3S. The molecule has 0 aliphatic carbocycles. The Balaban J connectivity index is 1.89. The maximum Gasteiger partial charge on any atom is 0.243 e. The molecular weight excluding hydrogens is 374 g/mol. The van der Waals surface area contributed by atoms with Crippen molar-refractivity contribution in [2.75, 3.05) is 26.2 Å². The van der Waals surface area contributed by atoms with Gasteiger partial charge in [0.05, 0.1) is 4.90 Å². The van der Waals surface area contributed by atoms with Gasteiger partial charge in [-0.25, -0.2) is 8.42 Å². The zero-order chi connectivity index (χ0) is 20.7. The molecule has 0 bridgehead atoms. The Morgan fingerprint density at radius 3 is 1.89 bits per heavy atom. The highest BCUT2D eigenvalue weighted by Crippen LogP contribution is 2.35. The van der Waals surface area contributed by atoms with Gasteiger partial charge in [-0.1, -0.05) is 12.5 Å². The Hall–Kier alpha value is -1.44. The predicted octanol–water partition coefficient (Wildman–Crippen LogP) is 2.41. The van der Waals surface area contributed by atoms with E-state index in [9.17, 15) is 13.2 Å². The number of benzene rings is 1. The van der Waals surface area contributed by atoms with E-state index >= 15 is 0 Å². The molecule has 0 atom stereocenters. The van der Waals surface area contributed by atoms with Gasteiger partial charge >= 0.3 is 0 Å². The van der Waals surface area contributed by atoms with Gasteiger partial charge in [0.1, 0.15) is 5.54 Å². The number of nitrogens with zero attached hydrogens (tertiary/aromatic N) is 2. The number of nitrogens with two attached hydrogens (primary N) is 1. The number of hydrogen-bond donors (Lipinski definition) is 1. The third-order valence-electron chi connectivity index (χ3n) is 6.86. The number of carbonyl (C=O) groups is 1. The van der Waals surface area contributed by atoms with Crippen LogP contribution in [-0.4, -0.2) is 55.2 Å². The number of sulfonamides is 1. The minimum Gasteiger partial charge on any atom is -0.368 e. The van der Waals surface area contributed by atoms with Gasteiger partial charge in [0.2, 0.25) is 15.9 Å². The van der Waals surface area contributed by atoms with Crippen LogP contribution in [0.2, 0.25) is 0 Å². The van der Waals surface area contributed by atoms with Gasteiger partial charge in [0, 0.05) is 13.1 Å². The van der Waals surface area contributed by atoms with Gasteiger partial charge in [0.15, 0.2) is 0 Å². The molecule has 6 nitrogen and oxygen atoms in total. The first kappa shape index (κ1) is 21.3. The van der Waals surface area contributed by atoms with Crippen LogP contribution in [0.15, 0.2) is 11.0 Å². The van der Waals surface area contributed by atoms with Crippen molar-refractivity contribution in [1.29, 1.82) is 0 Å². The highest BCUT2D eigenvalue weighted by atomic mass is 32.2. The first-order valence-corrected chi connectivity index (χ1v) is 11.7. The van der Waals surface area contributed by atoms with Crippen LogP contribution in [-0.2, 0) is 14.8 Å². The van der Waals surface area contributed by atoms with E-state index in [0.717, 1.165) is 48.2 Å². The molecule has 0 unspecified atom stereocenters. The highest BCUT2D eigenvalue weighted by molar-refractivity contribution is 7.89. The number of aryl methyl sites for hydroxylation is 2. The third kappa shape index (κ3) is 3.48. The summed E-state index contributed by atoms with van der Waals surface area (Å²) in [5.74, 6) is -0.315. The Labute approximate surface area is 169 Å². The summed E-state index contributed by atoms with van der Waals surface area (Å²) in [6, 6.07) is 2.04. The largest absolute Gasteiger partial charge is 0.368 e. The molecule has 7 heteroatoms. The van der Waals surface area contributed by atoms with Crippen LogP contribution >= 0.6 is 0 Å². The number of primary amides is 1. The van der Waals surface area contributed by atoms with Crippen molar-refractivity contribution in [2.24, 2.45) is 5.73 Å². The minimum absolute atomic E-state index is 0.315. The molecule has 1 aromatic carbocycles. The standard InChI is InChI=1S/C21H33N3O3S/c1-15-14-16(2)18(4)19(17(15)3)28(26,27)24-12-8-21(9-13-24,20(22)25)23-10-6-5-7-11-23/h14H,5-13H2,1-4H3,(H2,22,25). The predicted molar refractivity (Wildman–Crippen MR) is 111 cm³/mol. The Morgan fingerprint density at radius 1 is 0.929 bits per heavy atom. The smallest absolute Gasteiger partial charge is 0.243 e. The van der Waals surface area contributed by atoms with Gasteiger partial charge in [-0.05, 0) is 88.7 Å². The molecule has 2 aliphatic rings. The van der Waals surface area contributed by atoms with Crippen molar-refractivity contribution in [3.63, 3.8) is 0 Å². The van der Waals surface area contributed by atoms with E-state index in [1.807, 2.05) is 33.8 Å². The third-order valence-corrected chi connectivity index (χ3v) is 9.04. The first-order valence-electron chi connectivity index (χ1n) is 10.2. The minimum atomic E-state index is -3.61. The van der Waals surface area contributed by atoms with E-state index in [4.69, 9.17) is 5.73 Å². The van der Waals surface area contributed by atoms with E-state index in [1.54, 1.807) is 4.31 Å². The summed E-state index contributed by atoms with van der Waals surface area (Å²) >= 11 is 0. The Morgan fingerprint density at radius 2 is 1.43 bits per heavy atom. The molecule has 2 aliphatic heterocycles. The van der Waals surface area contributed by atoms with Crippen molar-refractivity contribution in [1.82, 2.24) is 9.21 Å². The van der Waals surface area contributed by atoms with Crippen LogP contribution in [0.25, 0.3) is 0 Å². The maximum absolute atomic E-state index is 13.5. The molecule has 156 valence electrons. The molecule has 3 rings (SSSR count). The average Bonchev–Trinajstić information content (AvgIpc) is 2.67. The lowest BCUT2D eigenvalue weighted by Gasteiger charge is -2.47. The molecule has 28 heavy (non-hydrogen) atoms. The van der Waals surface area contributed by atoms with Crippen LogP contribution in [0.4, 0.5) is 0 Å². The van der Waals surface area contributed by atoms with Crippen molar-refractivity contribution < 1.29 is 13.2 Å². The van der Waals surface area contributed by atoms with Gasteiger partial charge < -0.3 is 5.73 Å². The fraction of sp³-hybridized carbons (Fsp3) is 0.667. The zero-order valence-corrected chi connectivity index (χ0v) is 18.4.